The second kappa shape index (κ2) is 5.63. The number of hydrogen-bond acceptors (Lipinski definition) is 3. The summed E-state index contributed by atoms with van der Waals surface area (Å²) in [7, 11) is 0. The smallest absolute Gasteiger partial charge is 0.230 e. The molecule has 0 spiro atoms. The zero-order valence-corrected chi connectivity index (χ0v) is 11.6. The Morgan fingerprint density at radius 3 is 3.30 bits per heavy atom. The highest BCUT2D eigenvalue weighted by atomic mass is 16.5. The van der Waals surface area contributed by atoms with Gasteiger partial charge in [0.2, 0.25) is 5.91 Å². The van der Waals surface area contributed by atoms with E-state index in [1.165, 1.54) is 0 Å². The molecule has 2 unspecified atom stereocenters. The summed E-state index contributed by atoms with van der Waals surface area (Å²) >= 11 is 0. The number of nitrogens with zero attached hydrogens (tertiary/aromatic N) is 1. The molecular weight excluding hydrogens is 254 g/mol. The summed E-state index contributed by atoms with van der Waals surface area (Å²) in [5, 5.41) is 10.9. The zero-order chi connectivity index (χ0) is 13.9. The van der Waals surface area contributed by atoms with Gasteiger partial charge in [-0.3, -0.25) is 9.89 Å². The third-order valence-electron chi connectivity index (χ3n) is 3.91. The van der Waals surface area contributed by atoms with Gasteiger partial charge in [0.1, 0.15) is 0 Å². The minimum atomic E-state index is -0.0630. The quantitative estimate of drug-likeness (QED) is 0.903. The van der Waals surface area contributed by atoms with Crippen LogP contribution in [0.2, 0.25) is 0 Å². The van der Waals surface area contributed by atoms with Gasteiger partial charge in [-0.05, 0) is 25.3 Å². The third kappa shape index (κ3) is 2.41. The van der Waals surface area contributed by atoms with E-state index in [0.717, 1.165) is 42.5 Å². The molecular formula is C15H19N3O2. The molecule has 0 radical (unpaired) electrons. The number of anilines is 1. The number of fused-ring (bicyclic) bond motifs is 1. The van der Waals surface area contributed by atoms with Crippen molar-refractivity contribution in [3.63, 3.8) is 0 Å². The summed E-state index contributed by atoms with van der Waals surface area (Å²) in [6, 6.07) is 5.78. The molecule has 0 aliphatic carbocycles. The zero-order valence-electron chi connectivity index (χ0n) is 11.6. The SMILES string of the molecule is CCC1OCCCC1C(=O)Nc1cccc2cn[nH]c12. The molecule has 5 nitrogen and oxygen atoms in total. The van der Waals surface area contributed by atoms with E-state index in [9.17, 15) is 4.79 Å². The van der Waals surface area contributed by atoms with Gasteiger partial charge in [0.05, 0.1) is 29.4 Å². The molecule has 5 heteroatoms. The van der Waals surface area contributed by atoms with Gasteiger partial charge in [-0.15, -0.1) is 0 Å². The van der Waals surface area contributed by atoms with Gasteiger partial charge >= 0.3 is 0 Å². The summed E-state index contributed by atoms with van der Waals surface area (Å²) in [6.07, 6.45) is 4.49. The number of amides is 1. The molecule has 0 bridgehead atoms. The van der Waals surface area contributed by atoms with Crippen LogP contribution >= 0.6 is 0 Å². The third-order valence-corrected chi connectivity index (χ3v) is 3.91. The van der Waals surface area contributed by atoms with Crippen molar-refractivity contribution in [2.24, 2.45) is 5.92 Å². The predicted octanol–water partition coefficient (Wildman–Crippen LogP) is 2.71. The van der Waals surface area contributed by atoms with E-state index >= 15 is 0 Å². The normalized spacial score (nSPS) is 22.9. The Hall–Kier alpha value is -1.88. The molecule has 1 fully saturated rings. The van der Waals surface area contributed by atoms with E-state index in [0.29, 0.717) is 0 Å². The van der Waals surface area contributed by atoms with Crippen molar-refractivity contribution in [1.82, 2.24) is 10.2 Å². The Morgan fingerprint density at radius 1 is 1.55 bits per heavy atom. The fraction of sp³-hybridized carbons (Fsp3) is 0.467. The molecule has 1 aliphatic rings. The maximum absolute atomic E-state index is 12.5. The molecule has 2 aromatic rings. The Balaban J connectivity index is 1.79. The fourth-order valence-electron chi connectivity index (χ4n) is 2.84. The lowest BCUT2D eigenvalue weighted by molar-refractivity contribution is -0.129. The summed E-state index contributed by atoms with van der Waals surface area (Å²) in [5.74, 6) is -0.0226. The molecule has 2 heterocycles. The first kappa shape index (κ1) is 13.1. The lowest BCUT2D eigenvalue weighted by atomic mass is 9.91. The van der Waals surface area contributed by atoms with Crippen molar-refractivity contribution >= 4 is 22.5 Å². The van der Waals surface area contributed by atoms with Crippen LogP contribution in [0.1, 0.15) is 26.2 Å². The van der Waals surface area contributed by atoms with Gasteiger partial charge in [-0.1, -0.05) is 19.1 Å². The summed E-state index contributed by atoms with van der Waals surface area (Å²) in [6.45, 7) is 2.82. The first-order valence-electron chi connectivity index (χ1n) is 7.14. The topological polar surface area (TPSA) is 67.0 Å². The van der Waals surface area contributed by atoms with Crippen molar-refractivity contribution in [3.05, 3.63) is 24.4 Å². The molecule has 1 aromatic heterocycles. The Morgan fingerprint density at radius 2 is 2.45 bits per heavy atom. The number of aromatic nitrogens is 2. The molecule has 1 amide bonds. The average molecular weight is 273 g/mol. The molecule has 1 aliphatic heterocycles. The summed E-state index contributed by atoms with van der Waals surface area (Å²) in [4.78, 5) is 12.5. The second-order valence-electron chi connectivity index (χ2n) is 5.20. The fourth-order valence-corrected chi connectivity index (χ4v) is 2.84. The largest absolute Gasteiger partial charge is 0.377 e. The van der Waals surface area contributed by atoms with Crippen molar-refractivity contribution in [2.45, 2.75) is 32.3 Å². The van der Waals surface area contributed by atoms with Crippen LogP contribution < -0.4 is 5.32 Å². The number of carbonyl (C=O) groups is 1. The van der Waals surface area contributed by atoms with Crippen molar-refractivity contribution in [2.75, 3.05) is 11.9 Å². The second-order valence-corrected chi connectivity index (χ2v) is 5.20. The van der Waals surface area contributed by atoms with E-state index in [1.54, 1.807) is 6.20 Å². The summed E-state index contributed by atoms with van der Waals surface area (Å²) in [5.41, 5.74) is 1.65. The highest BCUT2D eigenvalue weighted by Gasteiger charge is 2.30. The average Bonchev–Trinajstić information content (AvgIpc) is 2.96. The van der Waals surface area contributed by atoms with E-state index in [1.807, 2.05) is 18.2 Å². The van der Waals surface area contributed by atoms with Crippen LogP contribution in [0.15, 0.2) is 24.4 Å². The Bertz CT molecular complexity index is 608. The van der Waals surface area contributed by atoms with Gasteiger partial charge in [0.25, 0.3) is 0 Å². The molecule has 2 N–H and O–H groups in total. The molecule has 3 rings (SSSR count). The Labute approximate surface area is 117 Å². The van der Waals surface area contributed by atoms with Crippen LogP contribution in [0.5, 0.6) is 0 Å². The molecule has 1 saturated heterocycles. The van der Waals surface area contributed by atoms with E-state index in [-0.39, 0.29) is 17.9 Å². The standard InChI is InChI=1S/C15H19N3O2/c1-2-13-11(6-4-8-20-13)15(19)17-12-7-3-5-10-9-16-18-14(10)12/h3,5,7,9,11,13H,2,4,6,8H2,1H3,(H,16,18)(H,17,19). The first-order valence-corrected chi connectivity index (χ1v) is 7.14. The maximum atomic E-state index is 12.5. The monoisotopic (exact) mass is 273 g/mol. The van der Waals surface area contributed by atoms with Crippen LogP contribution in [0.4, 0.5) is 5.69 Å². The minimum Gasteiger partial charge on any atom is -0.377 e. The van der Waals surface area contributed by atoms with Crippen molar-refractivity contribution in [3.8, 4) is 0 Å². The number of H-pyrrole nitrogens is 1. The molecule has 106 valence electrons. The van der Waals surface area contributed by atoms with Gasteiger partial charge in [0.15, 0.2) is 0 Å². The highest BCUT2D eigenvalue weighted by molar-refractivity contribution is 6.01. The first-order chi connectivity index (χ1) is 9.79. The van der Waals surface area contributed by atoms with E-state index in [4.69, 9.17) is 4.74 Å². The lowest BCUT2D eigenvalue weighted by Crippen LogP contribution is -2.37. The van der Waals surface area contributed by atoms with Crippen LogP contribution in [0, 0.1) is 5.92 Å². The minimum absolute atomic E-state index is 0.0321. The van der Waals surface area contributed by atoms with Crippen LogP contribution in [0.3, 0.4) is 0 Å². The van der Waals surface area contributed by atoms with E-state index in [2.05, 4.69) is 22.4 Å². The van der Waals surface area contributed by atoms with Crippen molar-refractivity contribution < 1.29 is 9.53 Å². The maximum Gasteiger partial charge on any atom is 0.230 e. The number of rotatable bonds is 3. The van der Waals surface area contributed by atoms with E-state index < -0.39 is 0 Å². The van der Waals surface area contributed by atoms with Crippen LogP contribution in [0.25, 0.3) is 10.9 Å². The summed E-state index contributed by atoms with van der Waals surface area (Å²) < 4.78 is 5.69. The number of ether oxygens (including phenoxy) is 1. The molecule has 20 heavy (non-hydrogen) atoms. The van der Waals surface area contributed by atoms with Crippen LogP contribution in [-0.4, -0.2) is 28.8 Å². The van der Waals surface area contributed by atoms with Gasteiger partial charge < -0.3 is 10.1 Å². The Kier molecular flexibility index (Phi) is 3.69. The van der Waals surface area contributed by atoms with Gasteiger partial charge in [-0.2, -0.15) is 5.10 Å². The number of benzene rings is 1. The highest BCUT2D eigenvalue weighted by Crippen LogP contribution is 2.26. The van der Waals surface area contributed by atoms with Crippen LogP contribution in [-0.2, 0) is 9.53 Å². The number of nitrogens with one attached hydrogen (secondary N) is 2. The number of hydrogen-bond donors (Lipinski definition) is 2. The predicted molar refractivity (Wildman–Crippen MR) is 77.5 cm³/mol. The number of para-hydroxylation sites is 1. The van der Waals surface area contributed by atoms with Crippen molar-refractivity contribution in [1.29, 1.82) is 0 Å². The molecule has 2 atom stereocenters. The number of aromatic amines is 1. The molecule has 0 saturated carbocycles. The lowest BCUT2D eigenvalue weighted by Gasteiger charge is -2.30. The van der Waals surface area contributed by atoms with Gasteiger partial charge in [-0.25, -0.2) is 0 Å². The molecule has 1 aromatic carbocycles. The number of carbonyl (C=O) groups excluding carboxylic acids is 1. The van der Waals surface area contributed by atoms with Gasteiger partial charge in [0, 0.05) is 12.0 Å².